The van der Waals surface area contributed by atoms with Crippen molar-refractivity contribution in [2.45, 2.75) is 10.9 Å². The van der Waals surface area contributed by atoms with E-state index < -0.39 is 10.0 Å². The highest BCUT2D eigenvalue weighted by atomic mass is 35.5. The Morgan fingerprint density at radius 2 is 1.54 bits per heavy atom. The first-order chi connectivity index (χ1) is 19.8. The Labute approximate surface area is 246 Å². The van der Waals surface area contributed by atoms with Crippen LogP contribution < -0.4 is 14.8 Å². The number of ether oxygens (including phenoxy) is 1. The summed E-state index contributed by atoms with van der Waals surface area (Å²) < 4.78 is 28.7. The molecule has 1 fully saturated rings. The molecule has 0 saturated carbocycles. The number of methoxy groups -OCH3 is 1. The van der Waals surface area contributed by atoms with Gasteiger partial charge in [-0.3, -0.25) is 9.80 Å². The van der Waals surface area contributed by atoms with Gasteiger partial charge in [0.1, 0.15) is 0 Å². The minimum Gasteiger partial charge on any atom is -0.480 e. The van der Waals surface area contributed by atoms with E-state index in [0.717, 1.165) is 43.4 Å². The van der Waals surface area contributed by atoms with Crippen LogP contribution in [-0.4, -0.2) is 74.8 Å². The molecule has 9 nitrogen and oxygen atoms in total. The number of anilines is 2. The minimum atomic E-state index is -3.79. The van der Waals surface area contributed by atoms with Gasteiger partial charge in [-0.1, -0.05) is 54.1 Å². The maximum absolute atomic E-state index is 11.8. The summed E-state index contributed by atoms with van der Waals surface area (Å²) in [6.45, 7) is 5.05. The molecule has 214 valence electrons. The van der Waals surface area contributed by atoms with Gasteiger partial charge in [-0.15, -0.1) is 10.2 Å². The summed E-state index contributed by atoms with van der Waals surface area (Å²) >= 11 is 6.19. The van der Waals surface area contributed by atoms with Crippen LogP contribution in [0.15, 0.2) is 95.9 Å². The van der Waals surface area contributed by atoms with E-state index >= 15 is 0 Å². The van der Waals surface area contributed by atoms with Crippen molar-refractivity contribution in [1.82, 2.24) is 20.0 Å². The Hall–Kier alpha value is -3.54. The number of halogens is 1. The molecule has 0 bridgehead atoms. The lowest BCUT2D eigenvalue weighted by Gasteiger charge is -2.40. The molecule has 0 amide bonds. The second kappa shape index (κ2) is 13.0. The molecule has 0 radical (unpaired) electrons. The Balaban J connectivity index is 1.29. The Bertz CT molecular complexity index is 1510. The summed E-state index contributed by atoms with van der Waals surface area (Å²) in [5, 5.41) is 14.5. The van der Waals surface area contributed by atoms with Crippen LogP contribution in [0.3, 0.4) is 0 Å². The normalized spacial score (nSPS) is 15.4. The molecule has 1 aliphatic heterocycles. The zero-order chi connectivity index (χ0) is 28.8. The van der Waals surface area contributed by atoms with E-state index in [1.165, 1.54) is 23.3 Å². The zero-order valence-corrected chi connectivity index (χ0v) is 24.4. The number of aromatic nitrogens is 2. The van der Waals surface area contributed by atoms with E-state index in [4.69, 9.17) is 21.5 Å². The Morgan fingerprint density at radius 3 is 2.12 bits per heavy atom. The lowest BCUT2D eigenvalue weighted by molar-refractivity contribution is 0.111. The second-order valence-corrected chi connectivity index (χ2v) is 11.9. The molecule has 1 aliphatic rings. The van der Waals surface area contributed by atoms with Crippen LogP contribution in [0.1, 0.15) is 17.2 Å². The maximum Gasteiger partial charge on any atom is 0.238 e. The van der Waals surface area contributed by atoms with E-state index in [-0.39, 0.29) is 10.9 Å². The van der Waals surface area contributed by atoms with Crippen molar-refractivity contribution in [1.29, 1.82) is 0 Å². The molecular formula is C30H33ClN6O3S. The van der Waals surface area contributed by atoms with Crippen molar-refractivity contribution in [3.05, 3.63) is 107 Å². The minimum absolute atomic E-state index is 0.0618. The smallest absolute Gasteiger partial charge is 0.238 e. The average Bonchev–Trinajstić information content (AvgIpc) is 3.00. The lowest BCUT2D eigenvalue weighted by Crippen LogP contribution is -2.49. The fraction of sp³-hybridized carbons (Fsp3) is 0.267. The Morgan fingerprint density at radius 1 is 0.878 bits per heavy atom. The third-order valence-electron chi connectivity index (χ3n) is 7.30. The summed E-state index contributed by atoms with van der Waals surface area (Å²) in [5.74, 6) is 1.06. The predicted molar refractivity (Wildman–Crippen MR) is 161 cm³/mol. The fourth-order valence-corrected chi connectivity index (χ4v) is 5.78. The molecule has 0 unspecified atom stereocenters. The number of hydrogen-bond acceptors (Lipinski definition) is 8. The number of hydrogen-bond donors (Lipinski definition) is 1. The topological polar surface area (TPSA) is 105 Å². The van der Waals surface area contributed by atoms with Crippen LogP contribution in [-0.2, 0) is 10.0 Å². The number of piperazine rings is 1. The van der Waals surface area contributed by atoms with E-state index in [0.29, 0.717) is 18.2 Å². The summed E-state index contributed by atoms with van der Waals surface area (Å²) in [6.07, 6.45) is 0. The van der Waals surface area contributed by atoms with Crippen LogP contribution in [0.5, 0.6) is 5.88 Å². The van der Waals surface area contributed by atoms with Gasteiger partial charge in [0.15, 0.2) is 5.82 Å². The van der Waals surface area contributed by atoms with Crippen molar-refractivity contribution in [3.63, 3.8) is 0 Å². The predicted octanol–water partition coefficient (Wildman–Crippen LogP) is 4.33. The van der Waals surface area contributed by atoms with Gasteiger partial charge in [-0.05, 0) is 53.6 Å². The number of nitrogens with two attached hydrogens (primary N) is 1. The number of rotatable bonds is 10. The van der Waals surface area contributed by atoms with Crippen LogP contribution in [0, 0.1) is 0 Å². The lowest BCUT2D eigenvalue weighted by atomic mass is 9.96. The SMILES string of the molecule is COc1ccc(N(CCN2CCN([C@@H](c3ccccc3)c3ccc(Cl)cc3)CC2)c2ccc(S(N)(=O)=O)cc2)nn1. The highest BCUT2D eigenvalue weighted by molar-refractivity contribution is 7.89. The first-order valence-corrected chi connectivity index (χ1v) is 15.3. The Kier molecular flexibility index (Phi) is 9.16. The number of primary sulfonamides is 1. The van der Waals surface area contributed by atoms with E-state index in [9.17, 15) is 8.42 Å². The largest absolute Gasteiger partial charge is 0.480 e. The maximum atomic E-state index is 11.8. The van der Waals surface area contributed by atoms with Crippen molar-refractivity contribution in [2.24, 2.45) is 5.14 Å². The highest BCUT2D eigenvalue weighted by Gasteiger charge is 2.27. The molecule has 41 heavy (non-hydrogen) atoms. The van der Waals surface area contributed by atoms with Crippen molar-refractivity contribution in [2.75, 3.05) is 51.3 Å². The molecule has 3 aromatic carbocycles. The molecule has 0 aliphatic carbocycles. The molecule has 0 spiro atoms. The summed E-state index contributed by atoms with van der Waals surface area (Å²) in [7, 11) is -2.24. The number of sulfonamides is 1. The van der Waals surface area contributed by atoms with Gasteiger partial charge in [0.2, 0.25) is 15.9 Å². The number of nitrogens with zero attached hydrogens (tertiary/aromatic N) is 5. The zero-order valence-electron chi connectivity index (χ0n) is 22.8. The molecule has 11 heteroatoms. The van der Waals surface area contributed by atoms with Crippen LogP contribution in [0.25, 0.3) is 0 Å². The highest BCUT2D eigenvalue weighted by Crippen LogP contribution is 2.31. The summed E-state index contributed by atoms with van der Waals surface area (Å²) in [5.41, 5.74) is 3.28. The molecule has 1 saturated heterocycles. The molecule has 1 atom stereocenters. The monoisotopic (exact) mass is 592 g/mol. The van der Waals surface area contributed by atoms with Crippen molar-refractivity contribution >= 4 is 33.1 Å². The van der Waals surface area contributed by atoms with Gasteiger partial charge >= 0.3 is 0 Å². The van der Waals surface area contributed by atoms with Gasteiger partial charge in [-0.2, -0.15) is 0 Å². The van der Waals surface area contributed by atoms with E-state index in [1.54, 1.807) is 25.3 Å². The van der Waals surface area contributed by atoms with Gasteiger partial charge < -0.3 is 9.64 Å². The molecule has 1 aromatic heterocycles. The summed E-state index contributed by atoms with van der Waals surface area (Å²) in [6, 6.07) is 28.9. The first kappa shape index (κ1) is 29.0. The van der Waals surface area contributed by atoms with Gasteiger partial charge in [0, 0.05) is 56.0 Å². The molecule has 5 rings (SSSR count). The fourth-order valence-electron chi connectivity index (χ4n) is 5.14. The van der Waals surface area contributed by atoms with E-state index in [1.807, 2.05) is 29.2 Å². The van der Waals surface area contributed by atoms with E-state index in [2.05, 4.69) is 56.4 Å². The average molecular weight is 593 g/mol. The van der Waals surface area contributed by atoms with Crippen molar-refractivity contribution < 1.29 is 13.2 Å². The van der Waals surface area contributed by atoms with Gasteiger partial charge in [0.05, 0.1) is 18.0 Å². The third-order valence-corrected chi connectivity index (χ3v) is 8.48. The van der Waals surface area contributed by atoms with Gasteiger partial charge in [0.25, 0.3) is 0 Å². The standard InChI is InChI=1S/C30H33ClN6O3S/c1-40-29-16-15-28(33-34-29)37(26-11-13-27(14-12-26)41(32,38)39)22-19-35-17-20-36(21-18-35)30(23-5-3-2-4-6-23)24-7-9-25(31)10-8-24/h2-16,30H,17-22H2,1H3,(H2,32,38,39)/t30-/m0/s1. The van der Waals surface area contributed by atoms with Crippen molar-refractivity contribution in [3.8, 4) is 5.88 Å². The second-order valence-electron chi connectivity index (χ2n) is 9.87. The third kappa shape index (κ3) is 7.22. The van der Waals surface area contributed by atoms with Gasteiger partial charge in [-0.25, -0.2) is 13.6 Å². The molecule has 4 aromatic rings. The van der Waals surface area contributed by atoms with Crippen LogP contribution >= 0.6 is 11.6 Å². The molecule has 2 heterocycles. The first-order valence-electron chi connectivity index (χ1n) is 13.4. The molecular weight excluding hydrogens is 560 g/mol. The summed E-state index contributed by atoms with van der Waals surface area (Å²) in [4.78, 5) is 7.04. The van der Waals surface area contributed by atoms with Crippen LogP contribution in [0.4, 0.5) is 11.5 Å². The molecule has 2 N–H and O–H groups in total. The number of benzene rings is 3. The quantitative estimate of drug-likeness (QED) is 0.290. The van der Waals surface area contributed by atoms with Crippen LogP contribution in [0.2, 0.25) is 5.02 Å².